The zero-order valence-corrected chi connectivity index (χ0v) is 24.8. The summed E-state index contributed by atoms with van der Waals surface area (Å²) in [5, 5.41) is 0. The molecule has 0 aliphatic heterocycles. The molecular weight excluding hydrogens is 566 g/mol. The van der Waals surface area contributed by atoms with Gasteiger partial charge in [0.1, 0.15) is 0 Å². The summed E-state index contributed by atoms with van der Waals surface area (Å²) >= 11 is -4.21. The van der Waals surface area contributed by atoms with Crippen LogP contribution in [0.15, 0.2) is 0 Å². The molecule has 0 saturated carbocycles. The van der Waals surface area contributed by atoms with Crippen molar-refractivity contribution in [2.45, 2.75) is 0 Å². The fraction of sp³-hybridized carbons (Fsp3) is 1.00. The molecule has 0 spiro atoms. The van der Waals surface area contributed by atoms with E-state index in [1.165, 1.54) is 85.3 Å². The molecule has 0 aromatic rings. The van der Waals surface area contributed by atoms with Gasteiger partial charge in [0, 0.05) is 0 Å². The molecule has 0 rings (SSSR count). The Hall–Kier alpha value is 1.90. The molecule has 190 valence electrons. The summed E-state index contributed by atoms with van der Waals surface area (Å²) in [6, 6.07) is 0. The van der Waals surface area contributed by atoms with Crippen LogP contribution < -0.4 is 0 Å². The Morgan fingerprint density at radius 1 is 0.276 bits per heavy atom. The SMILES string of the molecule is CO[PH](OC)(OC)[Pd]([PH](OC)(OC)OC)([PH](OC)(OC)OC)[PH](OC)(OC)OC. The third kappa shape index (κ3) is 4.26. The van der Waals surface area contributed by atoms with E-state index in [4.69, 9.17) is 54.3 Å². The Morgan fingerprint density at radius 3 is 0.448 bits per heavy atom. The van der Waals surface area contributed by atoms with Gasteiger partial charge >= 0.3 is 178 Å². The van der Waals surface area contributed by atoms with Crippen molar-refractivity contribution in [3.8, 4) is 0 Å². The summed E-state index contributed by atoms with van der Waals surface area (Å²) in [5.41, 5.74) is 0. The van der Waals surface area contributed by atoms with Gasteiger partial charge in [0.2, 0.25) is 0 Å². The van der Waals surface area contributed by atoms with Crippen LogP contribution in [0.1, 0.15) is 0 Å². The van der Waals surface area contributed by atoms with Crippen LogP contribution >= 0.6 is 24.5 Å². The summed E-state index contributed by atoms with van der Waals surface area (Å²) < 4.78 is 71.8. The van der Waals surface area contributed by atoms with E-state index in [9.17, 15) is 0 Å². The molecule has 0 amide bonds. The van der Waals surface area contributed by atoms with Crippen LogP contribution in [0.5, 0.6) is 0 Å². The van der Waals surface area contributed by atoms with Crippen molar-refractivity contribution < 1.29 is 67.8 Å². The molecule has 0 unspecified atom stereocenters. The van der Waals surface area contributed by atoms with Gasteiger partial charge in [0.25, 0.3) is 0 Å². The van der Waals surface area contributed by atoms with E-state index in [-0.39, 0.29) is 0 Å². The first-order valence-electron chi connectivity index (χ1n) is 7.98. The third-order valence-electron chi connectivity index (χ3n) is 3.94. The summed E-state index contributed by atoms with van der Waals surface area (Å²) in [6.07, 6.45) is -15.5. The molecule has 0 aromatic heterocycles. The zero-order valence-electron chi connectivity index (χ0n) is 19.2. The Kier molecular flexibility index (Phi) is 13.8. The Morgan fingerprint density at radius 2 is 0.379 bits per heavy atom. The van der Waals surface area contributed by atoms with E-state index in [1.807, 2.05) is 0 Å². The van der Waals surface area contributed by atoms with Gasteiger partial charge in [-0.15, -0.1) is 0 Å². The quantitative estimate of drug-likeness (QED) is 0.189. The second-order valence-electron chi connectivity index (χ2n) is 4.70. The van der Waals surface area contributed by atoms with Gasteiger partial charge in [-0.1, -0.05) is 0 Å². The molecular formula is C12H40O12P4Pd. The minimum atomic E-state index is -4.21. The standard InChI is InChI=1S/4C3H10O3P.Pd/c4*1-4-7(5-2)6-3;/h4*7H,1-3H3;/q4*+1;-4. The molecule has 17 heteroatoms. The number of rotatable bonds is 16. The molecule has 0 radical (unpaired) electrons. The van der Waals surface area contributed by atoms with Crippen molar-refractivity contribution in [1.29, 1.82) is 0 Å². The van der Waals surface area contributed by atoms with Crippen molar-refractivity contribution in [2.24, 2.45) is 0 Å². The first-order valence-corrected chi connectivity index (χ1v) is 23.5. The van der Waals surface area contributed by atoms with Crippen LogP contribution in [0, 0.1) is 0 Å². The van der Waals surface area contributed by atoms with Crippen molar-refractivity contribution in [2.75, 3.05) is 85.3 Å². The maximum atomic E-state index is 5.98. The van der Waals surface area contributed by atoms with E-state index in [1.54, 1.807) is 0 Å². The van der Waals surface area contributed by atoms with Crippen LogP contribution in [0.3, 0.4) is 0 Å². The van der Waals surface area contributed by atoms with Gasteiger partial charge in [-0.2, -0.15) is 0 Å². The minimum absolute atomic E-state index is 1.45. The van der Waals surface area contributed by atoms with Gasteiger partial charge in [0.15, 0.2) is 0 Å². The molecule has 0 aliphatic carbocycles. The van der Waals surface area contributed by atoms with Gasteiger partial charge in [-0.05, 0) is 0 Å². The molecule has 0 saturated heterocycles. The molecule has 0 heterocycles. The predicted molar refractivity (Wildman–Crippen MR) is 117 cm³/mol. The van der Waals surface area contributed by atoms with Crippen molar-refractivity contribution in [1.82, 2.24) is 0 Å². The molecule has 0 atom stereocenters. The van der Waals surface area contributed by atoms with Gasteiger partial charge in [-0.3, -0.25) is 0 Å². The summed E-state index contributed by atoms with van der Waals surface area (Å²) in [5.74, 6) is 0. The molecule has 29 heavy (non-hydrogen) atoms. The van der Waals surface area contributed by atoms with E-state index >= 15 is 0 Å². The number of hydrogen-bond donors (Lipinski definition) is 0. The molecule has 0 bridgehead atoms. The first kappa shape index (κ1) is 30.9. The average Bonchev–Trinajstić information content (AvgIpc) is 2.79. The molecule has 12 nitrogen and oxygen atoms in total. The van der Waals surface area contributed by atoms with Crippen LogP contribution in [0.4, 0.5) is 0 Å². The van der Waals surface area contributed by atoms with Crippen LogP contribution in [-0.2, 0) is 67.8 Å². The van der Waals surface area contributed by atoms with Crippen molar-refractivity contribution in [3.63, 3.8) is 0 Å². The third-order valence-corrected chi connectivity index (χ3v) is 81.6. The first-order chi connectivity index (χ1) is 13.7. The van der Waals surface area contributed by atoms with E-state index < -0.39 is 38.1 Å². The Bertz CT molecular complexity index is 355. The van der Waals surface area contributed by atoms with E-state index in [0.29, 0.717) is 0 Å². The summed E-state index contributed by atoms with van der Waals surface area (Å²) in [6.45, 7) is 0. The summed E-state index contributed by atoms with van der Waals surface area (Å²) in [4.78, 5) is 0. The second kappa shape index (κ2) is 13.0. The van der Waals surface area contributed by atoms with Crippen molar-refractivity contribution >= 4 is 24.5 Å². The molecule has 0 N–H and O–H groups in total. The molecule has 0 aromatic carbocycles. The Balaban J connectivity index is 8.16. The molecule has 0 fully saturated rings. The summed E-state index contributed by atoms with van der Waals surface area (Å²) in [7, 11) is 17.4. The maximum absolute atomic E-state index is 5.98. The van der Waals surface area contributed by atoms with Gasteiger partial charge in [0.05, 0.1) is 0 Å². The van der Waals surface area contributed by atoms with Crippen LogP contribution in [-0.4, -0.2) is 85.3 Å². The second-order valence-corrected chi connectivity index (χ2v) is 49.4. The van der Waals surface area contributed by atoms with E-state index in [0.717, 1.165) is 0 Å². The van der Waals surface area contributed by atoms with E-state index in [2.05, 4.69) is 0 Å². The van der Waals surface area contributed by atoms with Crippen molar-refractivity contribution in [3.05, 3.63) is 0 Å². The van der Waals surface area contributed by atoms with Gasteiger partial charge in [-0.25, -0.2) is 0 Å². The van der Waals surface area contributed by atoms with Crippen LogP contribution in [0.25, 0.3) is 0 Å². The number of hydrogen-bond acceptors (Lipinski definition) is 12. The topological polar surface area (TPSA) is 111 Å². The van der Waals surface area contributed by atoms with Gasteiger partial charge < -0.3 is 0 Å². The zero-order chi connectivity index (χ0) is 23.0. The average molecular weight is 607 g/mol. The Labute approximate surface area is 177 Å². The fourth-order valence-electron chi connectivity index (χ4n) is 2.87. The van der Waals surface area contributed by atoms with Crippen LogP contribution in [0.2, 0.25) is 0 Å². The molecule has 0 aliphatic rings. The fourth-order valence-corrected chi connectivity index (χ4v) is 103. The monoisotopic (exact) mass is 606 g/mol. The predicted octanol–water partition coefficient (Wildman–Crippen LogP) is 3.54. The normalized spacial score (nSPS) is 19.4.